The first-order chi connectivity index (χ1) is 11.9. The molecule has 8 nitrogen and oxygen atoms in total. The number of imidazole rings is 1. The van der Waals surface area contributed by atoms with E-state index in [1.165, 1.54) is 16.2 Å². The lowest BCUT2D eigenvalue weighted by Crippen LogP contribution is -2.30. The summed E-state index contributed by atoms with van der Waals surface area (Å²) in [5.74, 6) is 0.685. The van der Waals surface area contributed by atoms with E-state index in [0.29, 0.717) is 11.4 Å². The summed E-state index contributed by atoms with van der Waals surface area (Å²) in [6.07, 6.45) is -0.887. The van der Waals surface area contributed by atoms with Crippen LogP contribution < -0.4 is 16.0 Å². The van der Waals surface area contributed by atoms with Crippen molar-refractivity contribution >= 4 is 23.4 Å². The highest BCUT2D eigenvalue weighted by Gasteiger charge is 2.16. The second-order valence-electron chi connectivity index (χ2n) is 5.79. The molecule has 0 amide bonds. The summed E-state index contributed by atoms with van der Waals surface area (Å²) in [7, 11) is 1.52. The molecular weight excluding hydrogens is 344 g/mol. The fourth-order valence-corrected chi connectivity index (χ4v) is 2.88. The van der Waals surface area contributed by atoms with Crippen LogP contribution in [0.15, 0.2) is 33.9 Å². The van der Waals surface area contributed by atoms with E-state index in [2.05, 4.69) is 9.97 Å². The van der Waals surface area contributed by atoms with E-state index in [0.717, 1.165) is 5.56 Å². The number of hydrogen-bond acceptors (Lipinski definition) is 5. The Morgan fingerprint density at radius 1 is 1.28 bits per heavy atom. The van der Waals surface area contributed by atoms with Crippen LogP contribution in [0.5, 0.6) is 5.75 Å². The summed E-state index contributed by atoms with van der Waals surface area (Å²) < 4.78 is 8.60. The van der Waals surface area contributed by atoms with E-state index in [4.69, 9.17) is 17.0 Å². The number of aliphatic hydroxyl groups is 1. The first kappa shape index (κ1) is 17.2. The fraction of sp³-hybridized carbons (Fsp3) is 0.312. The number of aryl methyl sites for hydroxylation is 2. The van der Waals surface area contributed by atoms with Crippen molar-refractivity contribution in [2.75, 3.05) is 6.61 Å². The SMILES string of the molecule is Cc1ccccc1OC[C@@H](O)Cn1c(=S)[nH]c2c1c(=O)[nH]c(=O)n2C. The molecule has 132 valence electrons. The molecule has 2 aromatic heterocycles. The quantitative estimate of drug-likeness (QED) is 0.583. The number of ether oxygens (including phenoxy) is 1. The van der Waals surface area contributed by atoms with Gasteiger partial charge in [0.15, 0.2) is 10.3 Å². The largest absolute Gasteiger partial charge is 0.491 e. The van der Waals surface area contributed by atoms with Crippen LogP contribution in [0.1, 0.15) is 5.56 Å². The highest BCUT2D eigenvalue weighted by molar-refractivity contribution is 7.71. The zero-order valence-electron chi connectivity index (χ0n) is 13.8. The van der Waals surface area contributed by atoms with Gasteiger partial charge in [0, 0.05) is 7.05 Å². The maximum atomic E-state index is 12.1. The molecule has 3 N–H and O–H groups in total. The Labute approximate surface area is 147 Å². The van der Waals surface area contributed by atoms with E-state index in [-0.39, 0.29) is 23.4 Å². The Balaban J connectivity index is 1.86. The van der Waals surface area contributed by atoms with Gasteiger partial charge in [-0.05, 0) is 30.8 Å². The van der Waals surface area contributed by atoms with Gasteiger partial charge in [0.2, 0.25) is 0 Å². The molecule has 0 unspecified atom stereocenters. The number of fused-ring (bicyclic) bond motifs is 1. The molecule has 9 heteroatoms. The number of para-hydroxylation sites is 1. The number of H-pyrrole nitrogens is 2. The average molecular weight is 362 g/mol. The first-order valence-corrected chi connectivity index (χ1v) is 8.07. The third-order valence-corrected chi connectivity index (χ3v) is 4.28. The van der Waals surface area contributed by atoms with Gasteiger partial charge in [-0.25, -0.2) is 4.79 Å². The van der Waals surface area contributed by atoms with Gasteiger partial charge in [-0.3, -0.25) is 14.3 Å². The molecule has 1 aromatic carbocycles. The lowest BCUT2D eigenvalue weighted by Gasteiger charge is -2.14. The van der Waals surface area contributed by atoms with E-state index in [1.807, 2.05) is 31.2 Å². The predicted molar refractivity (Wildman–Crippen MR) is 95.7 cm³/mol. The van der Waals surface area contributed by atoms with Gasteiger partial charge >= 0.3 is 5.69 Å². The van der Waals surface area contributed by atoms with Crippen LogP contribution in [0, 0.1) is 11.7 Å². The Bertz CT molecular complexity index is 1090. The van der Waals surface area contributed by atoms with Gasteiger partial charge in [-0.15, -0.1) is 0 Å². The second kappa shape index (κ2) is 6.69. The van der Waals surface area contributed by atoms with Crippen molar-refractivity contribution in [1.29, 1.82) is 0 Å². The number of nitrogens with one attached hydrogen (secondary N) is 2. The first-order valence-electron chi connectivity index (χ1n) is 7.67. The summed E-state index contributed by atoms with van der Waals surface area (Å²) in [6.45, 7) is 2.02. The maximum Gasteiger partial charge on any atom is 0.329 e. The van der Waals surface area contributed by atoms with Crippen molar-refractivity contribution in [3.05, 3.63) is 55.4 Å². The number of hydrogen-bond donors (Lipinski definition) is 3. The summed E-state index contributed by atoms with van der Waals surface area (Å²) in [6, 6.07) is 7.49. The highest BCUT2D eigenvalue weighted by Crippen LogP contribution is 2.16. The Kier molecular flexibility index (Phi) is 4.60. The van der Waals surface area contributed by atoms with Crippen molar-refractivity contribution < 1.29 is 9.84 Å². The second-order valence-corrected chi connectivity index (χ2v) is 6.17. The standard InChI is InChI=1S/C16H18N4O4S/c1-9-5-3-4-6-11(9)24-8-10(21)7-20-12-13(17-16(20)25)19(2)15(23)18-14(12)22/h3-6,10,21H,7-8H2,1-2H3,(H,17,25)(H,18,22,23)/t10-/m0/s1. The zero-order chi connectivity index (χ0) is 18.1. The minimum absolute atomic E-state index is 0.0446. The van der Waals surface area contributed by atoms with Gasteiger partial charge in [0.05, 0.1) is 6.54 Å². The van der Waals surface area contributed by atoms with Crippen molar-refractivity contribution in [3.63, 3.8) is 0 Å². The molecule has 3 rings (SSSR count). The fourth-order valence-electron chi connectivity index (χ4n) is 2.61. The molecule has 0 saturated heterocycles. The number of benzene rings is 1. The van der Waals surface area contributed by atoms with Crippen LogP contribution in [0.3, 0.4) is 0 Å². The van der Waals surface area contributed by atoms with Gasteiger partial charge in [-0.1, -0.05) is 18.2 Å². The molecule has 0 radical (unpaired) electrons. The van der Waals surface area contributed by atoms with E-state index < -0.39 is 17.4 Å². The highest BCUT2D eigenvalue weighted by atomic mass is 32.1. The van der Waals surface area contributed by atoms with Crippen LogP contribution in [0.2, 0.25) is 0 Å². The molecule has 1 atom stereocenters. The van der Waals surface area contributed by atoms with Crippen LogP contribution in [-0.2, 0) is 13.6 Å². The van der Waals surface area contributed by atoms with Crippen molar-refractivity contribution in [2.24, 2.45) is 7.05 Å². The van der Waals surface area contributed by atoms with Crippen molar-refractivity contribution in [1.82, 2.24) is 19.1 Å². The number of rotatable bonds is 5. The summed E-state index contributed by atoms with van der Waals surface area (Å²) in [5, 5.41) is 10.3. The molecule has 0 aliphatic carbocycles. The smallest absolute Gasteiger partial charge is 0.329 e. The lowest BCUT2D eigenvalue weighted by molar-refractivity contribution is 0.0927. The molecule has 0 bridgehead atoms. The Morgan fingerprint density at radius 3 is 2.72 bits per heavy atom. The van der Waals surface area contributed by atoms with Crippen molar-refractivity contribution in [3.8, 4) is 5.75 Å². The van der Waals surface area contributed by atoms with Gasteiger partial charge in [0.1, 0.15) is 24.1 Å². The molecule has 2 heterocycles. The minimum Gasteiger partial charge on any atom is -0.491 e. The molecule has 0 aliphatic heterocycles. The third-order valence-electron chi connectivity index (χ3n) is 3.96. The molecule has 3 aromatic rings. The molecule has 25 heavy (non-hydrogen) atoms. The topological polar surface area (TPSA) is 105 Å². The van der Waals surface area contributed by atoms with Crippen LogP contribution in [0.4, 0.5) is 0 Å². The summed E-state index contributed by atoms with van der Waals surface area (Å²) >= 11 is 5.22. The monoisotopic (exact) mass is 362 g/mol. The zero-order valence-corrected chi connectivity index (χ0v) is 14.6. The summed E-state index contributed by atoms with van der Waals surface area (Å²) in [5.41, 5.74) is 0.388. The molecule has 0 aliphatic rings. The Hall–Kier alpha value is -2.65. The van der Waals surface area contributed by atoms with Crippen LogP contribution in [0.25, 0.3) is 11.2 Å². The van der Waals surface area contributed by atoms with E-state index in [1.54, 1.807) is 0 Å². The number of aromatic amines is 2. The predicted octanol–water partition coefficient (Wildman–Crippen LogP) is 0.834. The van der Waals surface area contributed by atoms with Crippen LogP contribution in [-0.4, -0.2) is 36.9 Å². The number of aromatic nitrogens is 4. The molecule has 0 saturated carbocycles. The maximum absolute atomic E-state index is 12.1. The third kappa shape index (κ3) is 3.28. The number of nitrogens with zero attached hydrogens (tertiary/aromatic N) is 2. The normalized spacial score (nSPS) is 12.4. The minimum atomic E-state index is -0.887. The van der Waals surface area contributed by atoms with E-state index in [9.17, 15) is 14.7 Å². The average Bonchev–Trinajstić information content (AvgIpc) is 2.89. The number of aliphatic hydroxyl groups excluding tert-OH is 1. The Morgan fingerprint density at radius 2 is 2.00 bits per heavy atom. The van der Waals surface area contributed by atoms with E-state index >= 15 is 0 Å². The van der Waals surface area contributed by atoms with Crippen LogP contribution >= 0.6 is 12.2 Å². The molecular formula is C16H18N4O4S. The van der Waals surface area contributed by atoms with Crippen molar-refractivity contribution in [2.45, 2.75) is 19.6 Å². The van der Waals surface area contributed by atoms with Gasteiger partial charge < -0.3 is 19.4 Å². The molecule has 0 fully saturated rings. The van der Waals surface area contributed by atoms with Gasteiger partial charge in [0.25, 0.3) is 5.56 Å². The molecule has 0 spiro atoms. The summed E-state index contributed by atoms with van der Waals surface area (Å²) in [4.78, 5) is 28.8. The van der Waals surface area contributed by atoms with Gasteiger partial charge in [-0.2, -0.15) is 0 Å². The lowest BCUT2D eigenvalue weighted by atomic mass is 10.2.